The summed E-state index contributed by atoms with van der Waals surface area (Å²) in [5.74, 6) is 1.33. The van der Waals surface area contributed by atoms with E-state index in [1.807, 2.05) is 4.90 Å². The Morgan fingerprint density at radius 3 is 2.15 bits per heavy atom. The summed E-state index contributed by atoms with van der Waals surface area (Å²) in [5, 5.41) is 3.35. The molecule has 20 heavy (non-hydrogen) atoms. The van der Waals surface area contributed by atoms with Crippen LogP contribution in [0.4, 0.5) is 0 Å². The van der Waals surface area contributed by atoms with Crippen molar-refractivity contribution >= 4 is 18.3 Å². The van der Waals surface area contributed by atoms with E-state index in [2.05, 4.69) is 45.0 Å². The lowest BCUT2D eigenvalue weighted by molar-refractivity contribution is -0.133. The zero-order valence-corrected chi connectivity index (χ0v) is 14.5. The van der Waals surface area contributed by atoms with Gasteiger partial charge in [-0.3, -0.25) is 9.69 Å². The van der Waals surface area contributed by atoms with Crippen LogP contribution < -0.4 is 5.32 Å². The summed E-state index contributed by atoms with van der Waals surface area (Å²) >= 11 is 0. The molecule has 1 unspecified atom stereocenters. The summed E-state index contributed by atoms with van der Waals surface area (Å²) in [5.41, 5.74) is 0. The topological polar surface area (TPSA) is 35.6 Å². The maximum Gasteiger partial charge on any atom is 0.236 e. The molecule has 1 amide bonds. The van der Waals surface area contributed by atoms with E-state index >= 15 is 0 Å². The number of rotatable bonds is 7. The van der Waals surface area contributed by atoms with Crippen LogP contribution in [0.15, 0.2) is 0 Å². The van der Waals surface area contributed by atoms with E-state index in [0.717, 1.165) is 32.6 Å². The highest BCUT2D eigenvalue weighted by atomic mass is 35.5. The fourth-order valence-electron chi connectivity index (χ4n) is 2.62. The molecule has 1 aliphatic heterocycles. The number of nitrogens with zero attached hydrogens (tertiary/aromatic N) is 2. The Labute approximate surface area is 130 Å². The summed E-state index contributed by atoms with van der Waals surface area (Å²) in [6.07, 6.45) is 1.15. The summed E-state index contributed by atoms with van der Waals surface area (Å²) < 4.78 is 0. The van der Waals surface area contributed by atoms with Crippen molar-refractivity contribution in [3.05, 3.63) is 0 Å². The molecule has 0 aliphatic carbocycles. The van der Waals surface area contributed by atoms with Crippen molar-refractivity contribution in [2.75, 3.05) is 39.8 Å². The first kappa shape index (κ1) is 19.7. The van der Waals surface area contributed by atoms with Gasteiger partial charge in [-0.15, -0.1) is 12.4 Å². The van der Waals surface area contributed by atoms with Crippen LogP contribution in [0.25, 0.3) is 0 Å². The summed E-state index contributed by atoms with van der Waals surface area (Å²) in [4.78, 5) is 16.7. The average Bonchev–Trinajstić information content (AvgIpc) is 2.79. The molecule has 1 saturated heterocycles. The summed E-state index contributed by atoms with van der Waals surface area (Å²) in [6, 6.07) is 0.517. The molecule has 0 spiro atoms. The first-order chi connectivity index (χ1) is 8.90. The van der Waals surface area contributed by atoms with E-state index in [-0.39, 0.29) is 18.3 Å². The first-order valence-electron chi connectivity index (χ1n) is 7.58. The van der Waals surface area contributed by atoms with Crippen molar-refractivity contribution in [2.24, 2.45) is 11.8 Å². The van der Waals surface area contributed by atoms with Gasteiger partial charge >= 0.3 is 0 Å². The fraction of sp³-hybridized carbons (Fsp3) is 0.933. The molecule has 1 rings (SSSR count). The number of carbonyl (C=O) groups is 1. The molecular weight excluding hydrogens is 274 g/mol. The van der Waals surface area contributed by atoms with Crippen molar-refractivity contribution in [3.63, 3.8) is 0 Å². The highest BCUT2D eigenvalue weighted by Crippen LogP contribution is 2.09. The number of hydrogen-bond donors (Lipinski definition) is 1. The third-order valence-corrected chi connectivity index (χ3v) is 3.57. The third-order valence-electron chi connectivity index (χ3n) is 3.57. The van der Waals surface area contributed by atoms with E-state index in [0.29, 0.717) is 24.4 Å². The standard InChI is InChI=1S/C15H31N3O.ClH/c1-12(2)9-18(10-13(3)4)15(19)11-17(5)14-6-7-16-8-14;/h12-14,16H,6-11H2,1-5H3;1H. The highest BCUT2D eigenvalue weighted by molar-refractivity contribution is 5.85. The van der Waals surface area contributed by atoms with Crippen LogP contribution >= 0.6 is 12.4 Å². The van der Waals surface area contributed by atoms with Crippen molar-refractivity contribution in [1.29, 1.82) is 0 Å². The highest BCUT2D eigenvalue weighted by Gasteiger charge is 2.23. The minimum atomic E-state index is 0. The molecule has 1 N–H and O–H groups in total. The molecule has 120 valence electrons. The number of carbonyl (C=O) groups excluding carboxylic acids is 1. The van der Waals surface area contributed by atoms with Crippen LogP contribution in [0.1, 0.15) is 34.1 Å². The molecule has 0 aromatic carbocycles. The van der Waals surface area contributed by atoms with Crippen LogP contribution in [0, 0.1) is 11.8 Å². The quantitative estimate of drug-likeness (QED) is 0.779. The zero-order valence-electron chi connectivity index (χ0n) is 13.7. The van der Waals surface area contributed by atoms with Crippen LogP contribution in [-0.4, -0.2) is 61.5 Å². The largest absolute Gasteiger partial charge is 0.341 e. The van der Waals surface area contributed by atoms with E-state index < -0.39 is 0 Å². The second-order valence-electron chi connectivity index (χ2n) is 6.65. The van der Waals surface area contributed by atoms with Gasteiger partial charge in [0.05, 0.1) is 6.54 Å². The molecular formula is C15H32ClN3O. The molecule has 0 saturated carbocycles. The molecule has 1 fully saturated rings. The molecule has 1 aliphatic rings. The second kappa shape index (κ2) is 9.59. The minimum absolute atomic E-state index is 0. The van der Waals surface area contributed by atoms with Crippen LogP contribution in [-0.2, 0) is 4.79 Å². The maximum atomic E-state index is 12.4. The number of halogens is 1. The normalized spacial score (nSPS) is 18.7. The van der Waals surface area contributed by atoms with Gasteiger partial charge in [-0.1, -0.05) is 27.7 Å². The van der Waals surface area contributed by atoms with Gasteiger partial charge in [0.1, 0.15) is 0 Å². The Bertz CT molecular complexity index is 268. The van der Waals surface area contributed by atoms with E-state index in [1.165, 1.54) is 0 Å². The van der Waals surface area contributed by atoms with Gasteiger partial charge in [0.15, 0.2) is 0 Å². The number of nitrogens with one attached hydrogen (secondary N) is 1. The smallest absolute Gasteiger partial charge is 0.236 e. The first-order valence-corrected chi connectivity index (χ1v) is 7.58. The van der Waals surface area contributed by atoms with Gasteiger partial charge in [0.25, 0.3) is 0 Å². The Morgan fingerprint density at radius 2 is 1.75 bits per heavy atom. The SMILES string of the molecule is CC(C)CN(CC(C)C)C(=O)CN(C)C1CCNC1.Cl. The van der Waals surface area contributed by atoms with Crippen molar-refractivity contribution in [1.82, 2.24) is 15.1 Å². The molecule has 0 aromatic heterocycles. The monoisotopic (exact) mass is 305 g/mol. The Kier molecular flexibility index (Phi) is 9.43. The third kappa shape index (κ3) is 6.91. The van der Waals surface area contributed by atoms with Gasteiger partial charge in [0, 0.05) is 25.7 Å². The van der Waals surface area contributed by atoms with Gasteiger partial charge in [-0.25, -0.2) is 0 Å². The van der Waals surface area contributed by atoms with Crippen molar-refractivity contribution in [2.45, 2.75) is 40.2 Å². The summed E-state index contributed by atoms with van der Waals surface area (Å²) in [7, 11) is 2.07. The molecule has 5 heteroatoms. The van der Waals surface area contributed by atoms with Crippen molar-refractivity contribution in [3.8, 4) is 0 Å². The van der Waals surface area contributed by atoms with Crippen LogP contribution in [0.2, 0.25) is 0 Å². The van der Waals surface area contributed by atoms with E-state index in [4.69, 9.17) is 0 Å². The molecule has 1 atom stereocenters. The lowest BCUT2D eigenvalue weighted by atomic mass is 10.1. The van der Waals surface area contributed by atoms with Gasteiger partial charge in [0.2, 0.25) is 5.91 Å². The molecule has 1 heterocycles. The van der Waals surface area contributed by atoms with Crippen LogP contribution in [0.3, 0.4) is 0 Å². The number of hydrogen-bond acceptors (Lipinski definition) is 3. The molecule has 4 nitrogen and oxygen atoms in total. The minimum Gasteiger partial charge on any atom is -0.341 e. The predicted octanol–water partition coefficient (Wildman–Crippen LogP) is 1.84. The molecule has 0 bridgehead atoms. The Balaban J connectivity index is 0.00000361. The Hall–Kier alpha value is -0.320. The van der Waals surface area contributed by atoms with E-state index in [1.54, 1.807) is 0 Å². The van der Waals surface area contributed by atoms with E-state index in [9.17, 15) is 4.79 Å². The fourth-order valence-corrected chi connectivity index (χ4v) is 2.62. The van der Waals surface area contributed by atoms with Gasteiger partial charge in [-0.05, 0) is 31.8 Å². The zero-order chi connectivity index (χ0) is 14.4. The van der Waals surface area contributed by atoms with Crippen LogP contribution in [0.5, 0.6) is 0 Å². The lowest BCUT2D eigenvalue weighted by Gasteiger charge is -2.30. The molecule has 0 radical (unpaired) electrons. The average molecular weight is 306 g/mol. The molecule has 0 aromatic rings. The van der Waals surface area contributed by atoms with Gasteiger partial charge in [-0.2, -0.15) is 0 Å². The maximum absolute atomic E-state index is 12.4. The number of likely N-dealkylation sites (N-methyl/N-ethyl adjacent to an activating group) is 1. The Morgan fingerprint density at radius 1 is 1.20 bits per heavy atom. The lowest BCUT2D eigenvalue weighted by Crippen LogP contribution is -2.45. The summed E-state index contributed by atoms with van der Waals surface area (Å²) in [6.45, 7) is 13.1. The predicted molar refractivity (Wildman–Crippen MR) is 87.4 cm³/mol. The number of amides is 1. The van der Waals surface area contributed by atoms with Crippen molar-refractivity contribution < 1.29 is 4.79 Å². The second-order valence-corrected chi connectivity index (χ2v) is 6.65. The van der Waals surface area contributed by atoms with Gasteiger partial charge < -0.3 is 10.2 Å².